The van der Waals surface area contributed by atoms with Crippen LogP contribution >= 0.6 is 23.2 Å². The summed E-state index contributed by atoms with van der Waals surface area (Å²) in [5, 5.41) is 0.780. The summed E-state index contributed by atoms with van der Waals surface area (Å²) in [6.07, 6.45) is 4.89. The highest BCUT2D eigenvalue weighted by atomic mass is 35.5. The van der Waals surface area contributed by atoms with Crippen molar-refractivity contribution in [3.05, 3.63) is 69.2 Å². The van der Waals surface area contributed by atoms with E-state index >= 15 is 0 Å². The van der Waals surface area contributed by atoms with Crippen molar-refractivity contribution in [3.8, 4) is 0 Å². The Morgan fingerprint density at radius 1 is 1.17 bits per heavy atom. The lowest BCUT2D eigenvalue weighted by Gasteiger charge is -2.03. The molecule has 2 heterocycles. The third-order valence-corrected chi connectivity index (χ3v) is 4.17. The van der Waals surface area contributed by atoms with E-state index in [1.54, 1.807) is 30.5 Å². The Labute approximate surface area is 143 Å². The fraction of sp³-hybridized carbons (Fsp3) is 0.118. The quantitative estimate of drug-likeness (QED) is 0.516. The van der Waals surface area contributed by atoms with Crippen LogP contribution < -0.4 is 0 Å². The molecule has 0 unspecified atom stereocenters. The van der Waals surface area contributed by atoms with E-state index in [0.717, 1.165) is 17.1 Å². The van der Waals surface area contributed by atoms with Crippen molar-refractivity contribution in [2.24, 2.45) is 0 Å². The maximum Gasteiger partial charge on any atom is 0.234 e. The van der Waals surface area contributed by atoms with Crippen LogP contribution in [0.15, 0.2) is 36.5 Å². The van der Waals surface area contributed by atoms with Gasteiger partial charge in [0, 0.05) is 17.0 Å². The smallest absolute Gasteiger partial charge is 0.234 e. The van der Waals surface area contributed by atoms with Gasteiger partial charge in [-0.2, -0.15) is 0 Å². The van der Waals surface area contributed by atoms with Gasteiger partial charge in [0.25, 0.3) is 0 Å². The number of nitrogens with zero attached hydrogens (tertiary/aromatic N) is 3. The first kappa shape index (κ1) is 15.7. The molecule has 0 aliphatic carbocycles. The van der Waals surface area contributed by atoms with Crippen molar-refractivity contribution in [1.82, 2.24) is 14.4 Å². The fourth-order valence-corrected chi connectivity index (χ4v) is 2.67. The molecule has 0 fully saturated rings. The zero-order valence-corrected chi connectivity index (χ0v) is 14.1. The van der Waals surface area contributed by atoms with Gasteiger partial charge in [-0.05, 0) is 50.3 Å². The largest absolute Gasteiger partial charge is 0.289 e. The van der Waals surface area contributed by atoms with Gasteiger partial charge in [0.2, 0.25) is 5.78 Å². The van der Waals surface area contributed by atoms with Gasteiger partial charge in [-0.1, -0.05) is 23.2 Å². The van der Waals surface area contributed by atoms with E-state index in [9.17, 15) is 4.79 Å². The average Bonchev–Trinajstić information content (AvgIpc) is 2.90. The minimum Gasteiger partial charge on any atom is -0.289 e. The summed E-state index contributed by atoms with van der Waals surface area (Å²) in [5.74, 6) is 0.459. The molecule has 3 aromatic rings. The second kappa shape index (κ2) is 6.14. The number of aryl methyl sites for hydroxylation is 2. The highest BCUT2D eigenvalue weighted by Crippen LogP contribution is 2.23. The first-order chi connectivity index (χ1) is 11.0. The SMILES string of the molecule is Cc1cc(C)n2c(/C=C/C(=O)c3ccc(Cl)c(Cl)c3)cnc2n1. The number of allylic oxidation sites excluding steroid dienone is 1. The van der Waals surface area contributed by atoms with Crippen LogP contribution in [0, 0.1) is 13.8 Å². The lowest BCUT2D eigenvalue weighted by molar-refractivity contribution is 0.104. The zero-order chi connectivity index (χ0) is 16.6. The average molecular weight is 346 g/mol. The maximum atomic E-state index is 12.2. The highest BCUT2D eigenvalue weighted by Gasteiger charge is 2.08. The number of hydrogen-bond acceptors (Lipinski definition) is 3. The molecule has 0 radical (unpaired) electrons. The van der Waals surface area contributed by atoms with Crippen molar-refractivity contribution in [2.45, 2.75) is 13.8 Å². The molecule has 3 rings (SSSR count). The number of carbonyl (C=O) groups excluding carboxylic acids is 1. The number of benzene rings is 1. The zero-order valence-electron chi connectivity index (χ0n) is 12.5. The van der Waals surface area contributed by atoms with E-state index < -0.39 is 0 Å². The third-order valence-electron chi connectivity index (χ3n) is 3.43. The molecule has 0 bridgehead atoms. The normalized spacial score (nSPS) is 11.5. The molecule has 0 atom stereocenters. The molecule has 116 valence electrons. The Balaban J connectivity index is 1.93. The summed E-state index contributed by atoms with van der Waals surface area (Å²) < 4.78 is 1.89. The van der Waals surface area contributed by atoms with Gasteiger partial charge in [-0.15, -0.1) is 0 Å². The molecule has 0 saturated heterocycles. The van der Waals surface area contributed by atoms with Crippen molar-refractivity contribution in [1.29, 1.82) is 0 Å². The Morgan fingerprint density at radius 2 is 1.96 bits per heavy atom. The number of aromatic nitrogens is 3. The topological polar surface area (TPSA) is 47.3 Å². The molecular weight excluding hydrogens is 333 g/mol. The van der Waals surface area contributed by atoms with E-state index in [2.05, 4.69) is 9.97 Å². The van der Waals surface area contributed by atoms with Crippen LogP contribution in [-0.2, 0) is 0 Å². The van der Waals surface area contributed by atoms with Crippen LogP contribution in [0.5, 0.6) is 0 Å². The molecule has 2 aromatic heterocycles. The fourth-order valence-electron chi connectivity index (χ4n) is 2.38. The Bertz CT molecular complexity index is 944. The minimum absolute atomic E-state index is 0.156. The predicted molar refractivity (Wildman–Crippen MR) is 92.3 cm³/mol. The lowest BCUT2D eigenvalue weighted by atomic mass is 10.1. The minimum atomic E-state index is -0.156. The van der Waals surface area contributed by atoms with Crippen LogP contribution in [0.4, 0.5) is 0 Å². The van der Waals surface area contributed by atoms with Crippen molar-refractivity contribution in [2.75, 3.05) is 0 Å². The number of halogens is 2. The third kappa shape index (κ3) is 3.14. The second-order valence-corrected chi connectivity index (χ2v) is 6.00. The van der Waals surface area contributed by atoms with Gasteiger partial charge in [0.15, 0.2) is 5.78 Å². The molecule has 4 nitrogen and oxygen atoms in total. The van der Waals surface area contributed by atoms with E-state index in [0.29, 0.717) is 21.4 Å². The molecule has 0 N–H and O–H groups in total. The molecule has 0 amide bonds. The van der Waals surface area contributed by atoms with Gasteiger partial charge in [0.1, 0.15) is 0 Å². The lowest BCUT2D eigenvalue weighted by Crippen LogP contribution is -1.98. The monoisotopic (exact) mass is 345 g/mol. The van der Waals surface area contributed by atoms with Gasteiger partial charge < -0.3 is 0 Å². The van der Waals surface area contributed by atoms with Gasteiger partial charge in [-0.3, -0.25) is 9.20 Å². The molecule has 1 aromatic carbocycles. The van der Waals surface area contributed by atoms with Gasteiger partial charge in [-0.25, -0.2) is 9.97 Å². The maximum absolute atomic E-state index is 12.2. The van der Waals surface area contributed by atoms with E-state index in [-0.39, 0.29) is 5.78 Å². The Morgan fingerprint density at radius 3 is 2.70 bits per heavy atom. The molecular formula is C17H13Cl2N3O. The number of carbonyl (C=O) groups is 1. The Kier molecular flexibility index (Phi) is 4.20. The van der Waals surface area contributed by atoms with Crippen LogP contribution in [0.3, 0.4) is 0 Å². The summed E-state index contributed by atoms with van der Waals surface area (Å²) in [6.45, 7) is 3.90. The number of fused-ring (bicyclic) bond motifs is 1. The predicted octanol–water partition coefficient (Wildman–Crippen LogP) is 4.55. The van der Waals surface area contributed by atoms with Gasteiger partial charge >= 0.3 is 0 Å². The van der Waals surface area contributed by atoms with Crippen LogP contribution in [-0.4, -0.2) is 20.2 Å². The van der Waals surface area contributed by atoms with Crippen molar-refractivity contribution in [3.63, 3.8) is 0 Å². The number of rotatable bonds is 3. The molecule has 0 aliphatic rings. The van der Waals surface area contributed by atoms with Crippen LogP contribution in [0.1, 0.15) is 27.4 Å². The Hall–Kier alpha value is -2.17. The van der Waals surface area contributed by atoms with Crippen molar-refractivity contribution < 1.29 is 4.79 Å². The van der Waals surface area contributed by atoms with E-state index in [1.807, 2.05) is 24.3 Å². The summed E-state index contributed by atoms with van der Waals surface area (Å²) in [6, 6.07) is 6.77. The standard InChI is InChI=1S/C17H13Cl2N3O/c1-10-7-11(2)22-13(9-20-17(22)21-10)4-6-16(23)12-3-5-14(18)15(19)8-12/h3-9H,1-2H3/b6-4+. The summed E-state index contributed by atoms with van der Waals surface area (Å²) in [7, 11) is 0. The van der Waals surface area contributed by atoms with E-state index in [1.165, 1.54) is 6.08 Å². The van der Waals surface area contributed by atoms with E-state index in [4.69, 9.17) is 23.2 Å². The van der Waals surface area contributed by atoms with Crippen molar-refractivity contribution >= 4 is 40.8 Å². The molecule has 0 saturated carbocycles. The second-order valence-electron chi connectivity index (χ2n) is 5.18. The molecule has 23 heavy (non-hydrogen) atoms. The molecule has 6 heteroatoms. The highest BCUT2D eigenvalue weighted by molar-refractivity contribution is 6.42. The first-order valence-corrected chi connectivity index (χ1v) is 7.70. The summed E-state index contributed by atoms with van der Waals surface area (Å²) >= 11 is 11.8. The summed E-state index contributed by atoms with van der Waals surface area (Å²) in [4.78, 5) is 20.9. The first-order valence-electron chi connectivity index (χ1n) is 6.95. The van der Waals surface area contributed by atoms with Crippen LogP contribution in [0.2, 0.25) is 10.0 Å². The number of hydrogen-bond donors (Lipinski definition) is 0. The van der Waals surface area contributed by atoms with Gasteiger partial charge in [0.05, 0.1) is 21.9 Å². The van der Waals surface area contributed by atoms with Crippen LogP contribution in [0.25, 0.3) is 11.9 Å². The molecule has 0 spiro atoms. The number of ketones is 1. The number of imidazole rings is 1. The molecule has 0 aliphatic heterocycles. The summed E-state index contributed by atoms with van der Waals surface area (Å²) in [5.41, 5.74) is 3.18.